The van der Waals surface area contributed by atoms with E-state index in [2.05, 4.69) is 33.9 Å². The van der Waals surface area contributed by atoms with E-state index in [-0.39, 0.29) is 9.93 Å². The molecular weight excluding hydrogens is 266 g/mol. The van der Waals surface area contributed by atoms with Crippen molar-refractivity contribution < 1.29 is 12.8 Å². The highest BCUT2D eigenvalue weighted by atomic mass is 32.2. The fourth-order valence-electron chi connectivity index (χ4n) is 1.15. The van der Waals surface area contributed by atoms with Gasteiger partial charge < -0.3 is 4.43 Å². The minimum Gasteiger partial charge on any atom is -0.544 e. The largest absolute Gasteiger partial charge is 0.544 e. The van der Waals surface area contributed by atoms with E-state index in [1.165, 1.54) is 12.1 Å². The van der Waals surface area contributed by atoms with Crippen molar-refractivity contribution in [1.82, 2.24) is 0 Å². The van der Waals surface area contributed by atoms with Crippen LogP contribution in [0.5, 0.6) is 5.75 Å². The van der Waals surface area contributed by atoms with Crippen LogP contribution in [0.15, 0.2) is 29.2 Å². The van der Waals surface area contributed by atoms with Gasteiger partial charge in [0.25, 0.3) is 0 Å². The molecule has 6 heteroatoms. The first kappa shape index (κ1) is 15.2. The van der Waals surface area contributed by atoms with Crippen LogP contribution in [0.2, 0.25) is 18.1 Å². The zero-order valence-corrected chi connectivity index (χ0v) is 13.3. The molecule has 1 aromatic rings. The summed E-state index contributed by atoms with van der Waals surface area (Å²) in [7, 11) is -5.53. The standard InChI is InChI=1S/C12H21NO3SSi/c1-12(2,3)18(4,5)16-10-6-8-11(9-7-10)17(13,14)15/h6-9H,1-5H3,(H2,13,14,15). The molecule has 1 rings (SSSR count). The van der Waals surface area contributed by atoms with Gasteiger partial charge in [-0.2, -0.15) is 0 Å². The van der Waals surface area contributed by atoms with Gasteiger partial charge in [0.2, 0.25) is 18.3 Å². The Morgan fingerprint density at radius 1 is 1.11 bits per heavy atom. The van der Waals surface area contributed by atoms with Crippen LogP contribution in [-0.4, -0.2) is 16.7 Å². The monoisotopic (exact) mass is 287 g/mol. The third kappa shape index (κ3) is 3.57. The quantitative estimate of drug-likeness (QED) is 0.869. The summed E-state index contributed by atoms with van der Waals surface area (Å²) in [6.07, 6.45) is 0. The average Bonchev–Trinajstić information content (AvgIpc) is 2.14. The Hall–Kier alpha value is -0.853. The molecule has 102 valence electrons. The van der Waals surface area contributed by atoms with Gasteiger partial charge in [0.1, 0.15) is 5.75 Å². The van der Waals surface area contributed by atoms with Crippen LogP contribution >= 0.6 is 0 Å². The topological polar surface area (TPSA) is 69.4 Å². The molecule has 0 saturated heterocycles. The molecule has 1 aromatic carbocycles. The van der Waals surface area contributed by atoms with Gasteiger partial charge in [-0.3, -0.25) is 0 Å². The highest BCUT2D eigenvalue weighted by Gasteiger charge is 2.38. The van der Waals surface area contributed by atoms with E-state index >= 15 is 0 Å². The molecule has 0 spiro atoms. The van der Waals surface area contributed by atoms with Crippen molar-refractivity contribution in [3.63, 3.8) is 0 Å². The fourth-order valence-corrected chi connectivity index (χ4v) is 2.69. The molecule has 0 aliphatic rings. The van der Waals surface area contributed by atoms with E-state index in [1.807, 2.05) is 0 Å². The Labute approximate surface area is 110 Å². The van der Waals surface area contributed by atoms with E-state index in [9.17, 15) is 8.42 Å². The van der Waals surface area contributed by atoms with Crippen molar-refractivity contribution in [3.05, 3.63) is 24.3 Å². The van der Waals surface area contributed by atoms with Crippen molar-refractivity contribution in [2.45, 2.75) is 43.8 Å². The molecule has 0 heterocycles. The highest BCUT2D eigenvalue weighted by molar-refractivity contribution is 7.89. The van der Waals surface area contributed by atoms with E-state index < -0.39 is 18.3 Å². The first-order valence-corrected chi connectivity index (χ1v) is 10.2. The molecule has 18 heavy (non-hydrogen) atoms. The lowest BCUT2D eigenvalue weighted by Crippen LogP contribution is -2.43. The molecule has 0 amide bonds. The molecule has 0 saturated carbocycles. The smallest absolute Gasteiger partial charge is 0.250 e. The Morgan fingerprint density at radius 2 is 1.56 bits per heavy atom. The molecule has 0 aliphatic heterocycles. The van der Waals surface area contributed by atoms with Crippen LogP contribution in [0.4, 0.5) is 0 Å². The van der Waals surface area contributed by atoms with Gasteiger partial charge in [-0.05, 0) is 42.4 Å². The van der Waals surface area contributed by atoms with E-state index in [4.69, 9.17) is 9.56 Å². The lowest BCUT2D eigenvalue weighted by atomic mass is 10.2. The van der Waals surface area contributed by atoms with E-state index in [0.29, 0.717) is 5.75 Å². The number of hydrogen-bond acceptors (Lipinski definition) is 3. The van der Waals surface area contributed by atoms with Gasteiger partial charge in [0.15, 0.2) is 0 Å². The summed E-state index contributed by atoms with van der Waals surface area (Å²) in [6.45, 7) is 10.7. The summed E-state index contributed by atoms with van der Waals surface area (Å²) in [5.74, 6) is 0.689. The number of nitrogens with two attached hydrogens (primary N) is 1. The van der Waals surface area contributed by atoms with Crippen LogP contribution in [0.25, 0.3) is 0 Å². The van der Waals surface area contributed by atoms with Gasteiger partial charge in [-0.15, -0.1) is 0 Å². The number of hydrogen-bond donors (Lipinski definition) is 1. The van der Waals surface area contributed by atoms with Crippen molar-refractivity contribution in [2.24, 2.45) is 5.14 Å². The second-order valence-electron chi connectivity index (χ2n) is 5.88. The lowest BCUT2D eigenvalue weighted by molar-refractivity contribution is 0.492. The average molecular weight is 287 g/mol. The van der Waals surface area contributed by atoms with Crippen molar-refractivity contribution in [2.75, 3.05) is 0 Å². The minimum absolute atomic E-state index is 0.102. The Balaban J connectivity index is 2.95. The molecule has 0 aromatic heterocycles. The van der Waals surface area contributed by atoms with E-state index in [0.717, 1.165) is 0 Å². The van der Waals surface area contributed by atoms with Crippen LogP contribution in [0.3, 0.4) is 0 Å². The van der Waals surface area contributed by atoms with E-state index in [1.54, 1.807) is 12.1 Å². The summed E-state index contributed by atoms with van der Waals surface area (Å²) in [4.78, 5) is 0.102. The lowest BCUT2D eigenvalue weighted by Gasteiger charge is -2.36. The maximum absolute atomic E-state index is 11.1. The maximum Gasteiger partial charge on any atom is 0.250 e. The minimum atomic E-state index is -3.64. The second-order valence-corrected chi connectivity index (χ2v) is 12.2. The van der Waals surface area contributed by atoms with Crippen LogP contribution < -0.4 is 9.56 Å². The molecule has 0 atom stereocenters. The van der Waals surface area contributed by atoms with Crippen molar-refractivity contribution in [1.29, 1.82) is 0 Å². The summed E-state index contributed by atoms with van der Waals surface area (Å²) in [5.41, 5.74) is 0. The molecule has 0 unspecified atom stereocenters. The molecule has 0 radical (unpaired) electrons. The summed E-state index contributed by atoms with van der Waals surface area (Å²) in [5, 5.41) is 5.15. The molecule has 0 aliphatic carbocycles. The second kappa shape index (κ2) is 4.68. The predicted molar refractivity (Wildman–Crippen MR) is 75.6 cm³/mol. The SMILES string of the molecule is CC(C)(C)[Si](C)(C)Oc1ccc(S(N)(=O)=O)cc1. The van der Waals surface area contributed by atoms with Crippen LogP contribution in [0.1, 0.15) is 20.8 Å². The number of sulfonamides is 1. The Bertz CT molecular complexity index is 515. The van der Waals surface area contributed by atoms with Crippen LogP contribution in [-0.2, 0) is 10.0 Å². The Morgan fingerprint density at radius 3 is 1.89 bits per heavy atom. The Kier molecular flexibility index (Phi) is 3.95. The fraction of sp³-hybridized carbons (Fsp3) is 0.500. The maximum atomic E-state index is 11.1. The normalized spacial score (nSPS) is 13.4. The number of benzene rings is 1. The molecular formula is C12H21NO3SSi. The molecule has 0 bridgehead atoms. The molecule has 4 nitrogen and oxygen atoms in total. The van der Waals surface area contributed by atoms with Gasteiger partial charge >= 0.3 is 0 Å². The summed E-state index contributed by atoms with van der Waals surface area (Å²) in [6, 6.07) is 6.25. The molecule has 2 N–H and O–H groups in total. The number of rotatable bonds is 3. The number of primary sulfonamides is 1. The van der Waals surface area contributed by atoms with Crippen molar-refractivity contribution in [3.8, 4) is 5.75 Å². The third-order valence-electron chi connectivity index (χ3n) is 3.33. The van der Waals surface area contributed by atoms with Gasteiger partial charge in [0, 0.05) is 0 Å². The first-order chi connectivity index (χ1) is 7.93. The highest BCUT2D eigenvalue weighted by Crippen LogP contribution is 2.37. The summed E-state index contributed by atoms with van der Waals surface area (Å²) >= 11 is 0. The summed E-state index contributed by atoms with van der Waals surface area (Å²) < 4.78 is 28.3. The van der Waals surface area contributed by atoms with Crippen LogP contribution in [0, 0.1) is 0 Å². The van der Waals surface area contributed by atoms with Gasteiger partial charge in [-0.25, -0.2) is 13.6 Å². The third-order valence-corrected chi connectivity index (χ3v) is 8.62. The van der Waals surface area contributed by atoms with Gasteiger partial charge in [-0.1, -0.05) is 20.8 Å². The first-order valence-electron chi connectivity index (χ1n) is 5.75. The zero-order valence-electron chi connectivity index (χ0n) is 11.5. The van der Waals surface area contributed by atoms with Crippen molar-refractivity contribution >= 4 is 18.3 Å². The zero-order chi connectivity index (χ0) is 14.2. The molecule has 0 fully saturated rings. The predicted octanol–water partition coefficient (Wildman–Crippen LogP) is 2.72. The van der Waals surface area contributed by atoms with Gasteiger partial charge in [0.05, 0.1) is 4.90 Å².